The largest absolute Gasteiger partial charge is 0.509 e. The van der Waals surface area contributed by atoms with E-state index in [9.17, 15) is 12.9 Å². The van der Waals surface area contributed by atoms with Gasteiger partial charge in [0, 0.05) is 17.1 Å². The molecule has 0 aliphatic heterocycles. The molecule has 0 radical (unpaired) electrons. The van der Waals surface area contributed by atoms with Gasteiger partial charge >= 0.3 is 6.98 Å². The van der Waals surface area contributed by atoms with Gasteiger partial charge in [0.15, 0.2) is 0 Å². The van der Waals surface area contributed by atoms with E-state index in [0.717, 1.165) is 6.07 Å². The quantitative estimate of drug-likeness (QED) is 0.367. The van der Waals surface area contributed by atoms with E-state index in [-0.39, 0.29) is 17.8 Å². The Hall–Kier alpha value is -1.66. The van der Waals surface area contributed by atoms with Crippen LogP contribution >= 0.6 is 0 Å². The summed E-state index contributed by atoms with van der Waals surface area (Å²) in [6, 6.07) is 2.20. The van der Waals surface area contributed by atoms with Gasteiger partial charge in [-0.15, -0.1) is 5.46 Å². The first-order valence-corrected chi connectivity index (χ1v) is 4.48. The second-order valence-corrected chi connectivity index (χ2v) is 3.29. The molecule has 0 aliphatic rings. The van der Waals surface area contributed by atoms with E-state index >= 15 is 0 Å². The molecule has 0 atom stereocenters. The number of hydrogen-bond donors (Lipinski definition) is 1. The molecular weight excluding hydrogens is 220 g/mol. The van der Waals surface area contributed by atoms with Crippen molar-refractivity contribution in [3.05, 3.63) is 33.7 Å². The Morgan fingerprint density at radius 2 is 2.06 bits per heavy atom. The van der Waals surface area contributed by atoms with E-state index in [1.807, 2.05) is 0 Å². The molecule has 0 amide bonds. The first kappa shape index (κ1) is 12.4. The summed E-state index contributed by atoms with van der Waals surface area (Å²) in [6.07, 6.45) is 0. The van der Waals surface area contributed by atoms with Crippen LogP contribution in [0.25, 0.3) is 10.4 Å². The summed E-state index contributed by atoms with van der Waals surface area (Å²) >= 11 is 0. The van der Waals surface area contributed by atoms with Gasteiger partial charge in [-0.25, -0.2) is 0 Å². The van der Waals surface area contributed by atoms with Crippen LogP contribution in [0.4, 0.5) is 18.6 Å². The van der Waals surface area contributed by atoms with Crippen molar-refractivity contribution in [1.82, 2.24) is 0 Å². The monoisotopic (exact) mass is 229 g/mol. The number of hydrogen-bond acceptors (Lipinski definition) is 2. The van der Waals surface area contributed by atoms with Gasteiger partial charge in [-0.2, -0.15) is 0 Å². The molecule has 4 nitrogen and oxygen atoms in total. The maximum absolute atomic E-state index is 12.7. The highest BCUT2D eigenvalue weighted by molar-refractivity contribution is 6.74. The van der Waals surface area contributed by atoms with Gasteiger partial charge in [0.1, 0.15) is 0 Å². The smallest absolute Gasteiger partial charge is 0.445 e. The molecule has 0 fully saturated rings. The first-order valence-electron chi connectivity index (χ1n) is 4.48. The maximum atomic E-state index is 12.7. The van der Waals surface area contributed by atoms with E-state index in [4.69, 9.17) is 11.3 Å². The number of nitrogens with zero attached hydrogens (tertiary/aromatic N) is 3. The Balaban J connectivity index is 3.47. The molecule has 0 aliphatic carbocycles. The van der Waals surface area contributed by atoms with Crippen LogP contribution in [0, 0.1) is 6.92 Å². The Bertz CT molecular complexity index is 451. The summed E-state index contributed by atoms with van der Waals surface area (Å²) in [6.45, 7) is -3.80. The van der Waals surface area contributed by atoms with Crippen molar-refractivity contribution in [3.8, 4) is 0 Å². The number of benzene rings is 1. The first-order chi connectivity index (χ1) is 7.40. The van der Waals surface area contributed by atoms with Crippen molar-refractivity contribution < 1.29 is 12.9 Å². The normalized spacial score (nSPS) is 11.1. The molecule has 1 aromatic carbocycles. The van der Waals surface area contributed by atoms with Crippen LogP contribution in [-0.2, 0) is 6.54 Å². The fraction of sp³-hybridized carbons (Fsp3) is 0.250. The highest BCUT2D eigenvalue weighted by Gasteiger charge is 2.28. The van der Waals surface area contributed by atoms with E-state index in [0.29, 0.717) is 5.56 Å². The lowest BCUT2D eigenvalue weighted by Crippen LogP contribution is -2.36. The Morgan fingerprint density at radius 1 is 1.44 bits per heavy atom. The number of nitrogens with two attached hydrogens (primary N) is 1. The van der Waals surface area contributed by atoms with E-state index in [2.05, 4.69) is 10.0 Å². The summed E-state index contributed by atoms with van der Waals surface area (Å²) in [5, 5.41) is 3.17. The zero-order valence-corrected chi connectivity index (χ0v) is 8.49. The topological polar surface area (TPSA) is 74.8 Å². The zero-order valence-electron chi connectivity index (χ0n) is 8.49. The van der Waals surface area contributed by atoms with E-state index < -0.39 is 12.4 Å². The Kier molecular flexibility index (Phi) is 3.46. The third-order valence-electron chi connectivity index (χ3n) is 2.27. The van der Waals surface area contributed by atoms with Crippen LogP contribution in [0.1, 0.15) is 11.1 Å². The molecule has 0 saturated heterocycles. The van der Waals surface area contributed by atoms with Crippen LogP contribution in [0.2, 0.25) is 0 Å². The van der Waals surface area contributed by atoms with E-state index in [1.165, 1.54) is 13.0 Å². The van der Waals surface area contributed by atoms with Crippen molar-refractivity contribution in [1.29, 1.82) is 0 Å². The molecule has 0 aromatic heterocycles. The van der Waals surface area contributed by atoms with Crippen molar-refractivity contribution in [2.45, 2.75) is 13.5 Å². The van der Waals surface area contributed by atoms with Crippen LogP contribution in [-0.4, -0.2) is 6.98 Å². The lowest BCUT2D eigenvalue weighted by atomic mass is 9.75. The lowest BCUT2D eigenvalue weighted by Gasteiger charge is -2.20. The van der Waals surface area contributed by atoms with Gasteiger partial charge in [-0.05, 0) is 24.1 Å². The average Bonchev–Trinajstić information content (AvgIpc) is 2.19. The van der Waals surface area contributed by atoms with Gasteiger partial charge in [-0.1, -0.05) is 16.7 Å². The second-order valence-electron chi connectivity index (χ2n) is 3.29. The van der Waals surface area contributed by atoms with Gasteiger partial charge in [0.2, 0.25) is 0 Å². The van der Waals surface area contributed by atoms with Gasteiger partial charge in [-0.3, -0.25) is 0 Å². The van der Waals surface area contributed by atoms with Gasteiger partial charge < -0.3 is 18.7 Å². The molecular formula is C8H9BF3N4-. The molecule has 0 unspecified atom stereocenters. The second kappa shape index (κ2) is 4.46. The summed E-state index contributed by atoms with van der Waals surface area (Å²) in [7, 11) is 0. The minimum atomic E-state index is -5.13. The zero-order chi connectivity index (χ0) is 12.3. The third kappa shape index (κ3) is 2.47. The molecule has 0 heterocycles. The minimum Gasteiger partial charge on any atom is -0.445 e. The van der Waals surface area contributed by atoms with Crippen molar-refractivity contribution in [3.63, 3.8) is 0 Å². The molecule has 2 N–H and O–H groups in total. The molecule has 86 valence electrons. The maximum Gasteiger partial charge on any atom is 0.509 e. The van der Waals surface area contributed by atoms with Gasteiger partial charge in [0.25, 0.3) is 0 Å². The molecule has 16 heavy (non-hydrogen) atoms. The summed E-state index contributed by atoms with van der Waals surface area (Å²) in [4.78, 5) is 2.46. The highest BCUT2D eigenvalue weighted by atomic mass is 19.4. The van der Waals surface area contributed by atoms with Crippen molar-refractivity contribution in [2.75, 3.05) is 0 Å². The number of halogens is 3. The Morgan fingerprint density at radius 3 is 2.50 bits per heavy atom. The van der Waals surface area contributed by atoms with Crippen LogP contribution in [0.5, 0.6) is 0 Å². The van der Waals surface area contributed by atoms with Crippen LogP contribution in [0.15, 0.2) is 17.2 Å². The molecule has 8 heteroatoms. The number of azide groups is 1. The van der Waals surface area contributed by atoms with Crippen molar-refractivity contribution in [2.24, 2.45) is 10.8 Å². The third-order valence-corrected chi connectivity index (χ3v) is 2.27. The Labute approximate surface area is 89.9 Å². The predicted molar refractivity (Wildman–Crippen MR) is 56.6 cm³/mol. The summed E-state index contributed by atoms with van der Waals surface area (Å²) in [5.74, 6) is 0. The fourth-order valence-electron chi connectivity index (χ4n) is 1.44. The van der Waals surface area contributed by atoms with Crippen LogP contribution in [0.3, 0.4) is 0 Å². The standard InChI is InChI=1S/C8H9BF3N4/c1-5-6(4-13)2-7(15-16-14)3-8(5)9(10,11)12/h2-3H,4,13H2,1H3/q-1. The lowest BCUT2D eigenvalue weighted by molar-refractivity contribution is 0.500. The molecule has 0 bridgehead atoms. The summed E-state index contributed by atoms with van der Waals surface area (Å²) in [5.41, 5.74) is 13.1. The van der Waals surface area contributed by atoms with Crippen LogP contribution < -0.4 is 11.2 Å². The fourth-order valence-corrected chi connectivity index (χ4v) is 1.44. The molecule has 0 spiro atoms. The summed E-state index contributed by atoms with van der Waals surface area (Å²) < 4.78 is 38.0. The predicted octanol–water partition coefficient (Wildman–Crippen LogP) is 2.45. The number of rotatable bonds is 3. The molecule has 0 saturated carbocycles. The molecule has 1 aromatic rings. The average molecular weight is 229 g/mol. The van der Waals surface area contributed by atoms with Gasteiger partial charge in [0.05, 0.1) is 0 Å². The highest BCUT2D eigenvalue weighted by Crippen LogP contribution is 2.21. The SMILES string of the molecule is Cc1c(CN)cc(N=[N+]=[N-])cc1[B-](F)(F)F. The van der Waals surface area contributed by atoms with Crippen molar-refractivity contribution >= 4 is 18.1 Å². The van der Waals surface area contributed by atoms with E-state index in [1.54, 1.807) is 0 Å². The molecule has 1 rings (SSSR count). The minimum absolute atomic E-state index is 0.0280.